The number of amides is 2. The van der Waals surface area contributed by atoms with Crippen LogP contribution in [0, 0.1) is 12.8 Å². The Bertz CT molecular complexity index is 858. The highest BCUT2D eigenvalue weighted by Crippen LogP contribution is 2.24. The first-order valence-corrected chi connectivity index (χ1v) is 8.78. The fourth-order valence-corrected chi connectivity index (χ4v) is 3.09. The summed E-state index contributed by atoms with van der Waals surface area (Å²) in [6.07, 6.45) is -4.54. The van der Waals surface area contributed by atoms with Gasteiger partial charge in [0, 0.05) is 24.6 Å². The number of carbonyl (C=O) groups excluding carboxylic acids is 2. The first-order valence-electron chi connectivity index (χ1n) is 8.78. The molecule has 0 atom stereocenters. The van der Waals surface area contributed by atoms with Crippen LogP contribution in [0.5, 0.6) is 0 Å². The minimum absolute atomic E-state index is 0.0272. The summed E-state index contributed by atoms with van der Waals surface area (Å²) in [6.45, 7) is 1.74. The summed E-state index contributed by atoms with van der Waals surface area (Å²) in [5, 5.41) is 6.56. The van der Waals surface area contributed by atoms with Crippen LogP contribution in [0.15, 0.2) is 28.8 Å². The van der Waals surface area contributed by atoms with Crippen LogP contribution >= 0.6 is 0 Å². The van der Waals surface area contributed by atoms with Crippen molar-refractivity contribution in [3.8, 4) is 11.4 Å². The fraction of sp³-hybridized carbons (Fsp3) is 0.444. The van der Waals surface area contributed by atoms with Gasteiger partial charge in [-0.15, -0.1) is 0 Å². The first-order chi connectivity index (χ1) is 13.3. The molecular formula is C18H19F3N4O3. The van der Waals surface area contributed by atoms with E-state index in [0.717, 1.165) is 16.0 Å². The number of piperidine rings is 1. The van der Waals surface area contributed by atoms with Crippen LogP contribution < -0.4 is 5.32 Å². The maximum Gasteiger partial charge on any atom is 0.471 e. The normalized spacial score (nSPS) is 15.5. The number of likely N-dealkylation sites (tertiary alicyclic amines) is 1. The number of aryl methyl sites for hydroxylation is 1. The van der Waals surface area contributed by atoms with E-state index in [1.807, 2.05) is 31.2 Å². The highest BCUT2D eigenvalue weighted by molar-refractivity contribution is 5.83. The molecule has 150 valence electrons. The highest BCUT2D eigenvalue weighted by Gasteiger charge is 2.43. The molecule has 3 rings (SSSR count). The molecular weight excluding hydrogens is 377 g/mol. The third-order valence-corrected chi connectivity index (χ3v) is 4.66. The zero-order valence-electron chi connectivity index (χ0n) is 15.1. The molecule has 0 aliphatic carbocycles. The molecule has 7 nitrogen and oxygen atoms in total. The Morgan fingerprint density at radius 1 is 1.25 bits per heavy atom. The number of nitrogens with one attached hydrogen (secondary N) is 1. The van der Waals surface area contributed by atoms with E-state index in [1.165, 1.54) is 0 Å². The second-order valence-corrected chi connectivity index (χ2v) is 6.61. The molecule has 0 radical (unpaired) electrons. The summed E-state index contributed by atoms with van der Waals surface area (Å²) < 4.78 is 42.5. The van der Waals surface area contributed by atoms with Gasteiger partial charge in [-0.05, 0) is 25.3 Å². The molecule has 1 fully saturated rings. The van der Waals surface area contributed by atoms with Crippen LogP contribution in [0.3, 0.4) is 0 Å². The van der Waals surface area contributed by atoms with Crippen molar-refractivity contribution in [2.45, 2.75) is 32.5 Å². The van der Waals surface area contributed by atoms with Gasteiger partial charge in [0.25, 0.3) is 0 Å². The summed E-state index contributed by atoms with van der Waals surface area (Å²) in [4.78, 5) is 28.5. The summed E-state index contributed by atoms with van der Waals surface area (Å²) in [5.41, 5.74) is 1.81. The standard InChI is InChI=1S/C18H19F3N4O3/c1-11-4-2-3-5-13(11)15-23-14(28-24-15)10-22-16(26)12-6-8-25(9-7-12)17(27)18(19,20)21/h2-5,12H,6-10H2,1H3,(H,22,26). The molecule has 1 N–H and O–H groups in total. The largest absolute Gasteiger partial charge is 0.471 e. The van der Waals surface area contributed by atoms with Crippen LogP contribution in [0.1, 0.15) is 24.3 Å². The Kier molecular flexibility index (Phi) is 5.66. The molecule has 0 saturated carbocycles. The van der Waals surface area contributed by atoms with E-state index in [9.17, 15) is 22.8 Å². The van der Waals surface area contributed by atoms with Crippen LogP contribution in [-0.4, -0.2) is 46.1 Å². The van der Waals surface area contributed by atoms with E-state index in [0.29, 0.717) is 5.82 Å². The Morgan fingerprint density at radius 3 is 2.57 bits per heavy atom. The quantitative estimate of drug-likeness (QED) is 0.858. The number of rotatable bonds is 4. The van der Waals surface area contributed by atoms with Crippen molar-refractivity contribution in [2.24, 2.45) is 5.92 Å². The molecule has 0 unspecified atom stereocenters. The number of benzene rings is 1. The number of carbonyl (C=O) groups is 2. The predicted octanol–water partition coefficient (Wildman–Crippen LogP) is 2.46. The molecule has 1 aliphatic heterocycles. The average Bonchev–Trinajstić information content (AvgIpc) is 3.14. The maximum atomic E-state index is 12.5. The predicted molar refractivity (Wildman–Crippen MR) is 91.7 cm³/mol. The van der Waals surface area contributed by atoms with Crippen LogP contribution in [0.4, 0.5) is 13.2 Å². The summed E-state index contributed by atoms with van der Waals surface area (Å²) in [6, 6.07) is 7.53. The van der Waals surface area contributed by atoms with Gasteiger partial charge < -0.3 is 14.7 Å². The van der Waals surface area contributed by atoms with Crippen LogP contribution in [0.25, 0.3) is 11.4 Å². The van der Waals surface area contributed by atoms with Crippen molar-refractivity contribution < 1.29 is 27.3 Å². The van der Waals surface area contributed by atoms with Gasteiger partial charge >= 0.3 is 12.1 Å². The Morgan fingerprint density at radius 2 is 1.93 bits per heavy atom. The van der Waals surface area contributed by atoms with Gasteiger partial charge in [-0.25, -0.2) is 0 Å². The van der Waals surface area contributed by atoms with Crippen molar-refractivity contribution in [2.75, 3.05) is 13.1 Å². The van der Waals surface area contributed by atoms with E-state index in [-0.39, 0.29) is 44.3 Å². The second-order valence-electron chi connectivity index (χ2n) is 6.61. The number of hydrogen-bond donors (Lipinski definition) is 1. The number of aromatic nitrogens is 2. The monoisotopic (exact) mass is 396 g/mol. The summed E-state index contributed by atoms with van der Waals surface area (Å²) in [5.74, 6) is -1.98. The molecule has 2 aromatic rings. The van der Waals surface area contributed by atoms with E-state index in [2.05, 4.69) is 15.5 Å². The number of halogens is 3. The Labute approximate surface area is 158 Å². The summed E-state index contributed by atoms with van der Waals surface area (Å²) in [7, 11) is 0. The van der Waals surface area contributed by atoms with Gasteiger partial charge in [0.15, 0.2) is 0 Å². The van der Waals surface area contributed by atoms with Crippen molar-refractivity contribution in [3.63, 3.8) is 0 Å². The van der Waals surface area contributed by atoms with E-state index < -0.39 is 18.0 Å². The maximum absolute atomic E-state index is 12.5. The van der Waals surface area contributed by atoms with Gasteiger partial charge in [-0.3, -0.25) is 9.59 Å². The number of hydrogen-bond acceptors (Lipinski definition) is 5. The third-order valence-electron chi connectivity index (χ3n) is 4.66. The lowest BCUT2D eigenvalue weighted by Crippen LogP contribution is -2.47. The summed E-state index contributed by atoms with van der Waals surface area (Å²) >= 11 is 0. The second kappa shape index (κ2) is 7.99. The molecule has 2 heterocycles. The van der Waals surface area contributed by atoms with Crippen LogP contribution in [-0.2, 0) is 16.1 Å². The van der Waals surface area contributed by atoms with Gasteiger partial charge in [0.05, 0.1) is 6.54 Å². The number of nitrogens with zero attached hydrogens (tertiary/aromatic N) is 3. The van der Waals surface area contributed by atoms with Gasteiger partial charge in [0.2, 0.25) is 17.6 Å². The first kappa shape index (κ1) is 19.8. The molecule has 1 aliphatic rings. The Hall–Kier alpha value is -2.91. The average molecular weight is 396 g/mol. The molecule has 1 saturated heterocycles. The van der Waals surface area contributed by atoms with Gasteiger partial charge in [-0.2, -0.15) is 18.2 Å². The molecule has 10 heteroatoms. The molecule has 0 bridgehead atoms. The zero-order chi connectivity index (χ0) is 20.3. The lowest BCUT2D eigenvalue weighted by atomic mass is 9.96. The van der Waals surface area contributed by atoms with Crippen molar-refractivity contribution in [3.05, 3.63) is 35.7 Å². The van der Waals surface area contributed by atoms with E-state index in [4.69, 9.17) is 4.52 Å². The minimum Gasteiger partial charge on any atom is -0.347 e. The Balaban J connectivity index is 1.51. The van der Waals surface area contributed by atoms with Gasteiger partial charge in [0.1, 0.15) is 0 Å². The minimum atomic E-state index is -4.89. The third kappa shape index (κ3) is 4.49. The van der Waals surface area contributed by atoms with Crippen LogP contribution in [0.2, 0.25) is 0 Å². The number of alkyl halides is 3. The van der Waals surface area contributed by atoms with Crippen molar-refractivity contribution in [1.29, 1.82) is 0 Å². The fourth-order valence-electron chi connectivity index (χ4n) is 3.09. The van der Waals surface area contributed by atoms with E-state index >= 15 is 0 Å². The smallest absolute Gasteiger partial charge is 0.347 e. The molecule has 0 spiro atoms. The lowest BCUT2D eigenvalue weighted by Gasteiger charge is -2.31. The highest BCUT2D eigenvalue weighted by atomic mass is 19.4. The molecule has 28 heavy (non-hydrogen) atoms. The lowest BCUT2D eigenvalue weighted by molar-refractivity contribution is -0.186. The van der Waals surface area contributed by atoms with Crippen molar-refractivity contribution >= 4 is 11.8 Å². The topological polar surface area (TPSA) is 88.3 Å². The van der Waals surface area contributed by atoms with Crippen molar-refractivity contribution in [1.82, 2.24) is 20.4 Å². The van der Waals surface area contributed by atoms with E-state index in [1.54, 1.807) is 0 Å². The molecule has 1 aromatic heterocycles. The SMILES string of the molecule is Cc1ccccc1-c1noc(CNC(=O)C2CCN(C(=O)C(F)(F)F)CC2)n1. The molecule has 2 amide bonds. The van der Waals surface area contributed by atoms with Gasteiger partial charge in [-0.1, -0.05) is 29.4 Å². The molecule has 1 aromatic carbocycles. The zero-order valence-corrected chi connectivity index (χ0v) is 15.1.